The van der Waals surface area contributed by atoms with Crippen molar-refractivity contribution in [2.24, 2.45) is 5.92 Å². The average molecular weight is 259 g/mol. The highest BCUT2D eigenvalue weighted by molar-refractivity contribution is 7.89. The zero-order chi connectivity index (χ0) is 12.7. The van der Waals surface area contributed by atoms with Gasteiger partial charge in [-0.3, -0.25) is 9.89 Å². The molecule has 1 saturated carbocycles. The molecule has 7 nitrogen and oxygen atoms in total. The van der Waals surface area contributed by atoms with Crippen LogP contribution in [0, 0.1) is 5.92 Å². The Morgan fingerprint density at radius 2 is 2.29 bits per heavy atom. The van der Waals surface area contributed by atoms with Crippen molar-refractivity contribution in [1.82, 2.24) is 14.9 Å². The number of aromatic amines is 1. The van der Waals surface area contributed by atoms with E-state index in [9.17, 15) is 13.2 Å². The van der Waals surface area contributed by atoms with Crippen LogP contribution in [0.2, 0.25) is 0 Å². The molecule has 2 rings (SSSR count). The molecule has 94 valence electrons. The van der Waals surface area contributed by atoms with Crippen LogP contribution in [0.4, 0.5) is 0 Å². The predicted molar refractivity (Wildman–Crippen MR) is 57.7 cm³/mol. The Bertz CT molecular complexity index is 520. The van der Waals surface area contributed by atoms with E-state index in [-0.39, 0.29) is 10.9 Å². The Morgan fingerprint density at radius 3 is 2.71 bits per heavy atom. The minimum absolute atomic E-state index is 0.134. The van der Waals surface area contributed by atoms with Gasteiger partial charge in [-0.1, -0.05) is 0 Å². The first kappa shape index (κ1) is 12.1. The number of hydrogen-bond donors (Lipinski definition) is 3. The van der Waals surface area contributed by atoms with Crippen molar-refractivity contribution in [3.05, 3.63) is 12.3 Å². The number of sulfonamides is 1. The molecule has 0 radical (unpaired) electrons. The Balaban J connectivity index is 2.28. The number of rotatable bonds is 5. The van der Waals surface area contributed by atoms with Crippen molar-refractivity contribution in [1.29, 1.82) is 0 Å². The first-order valence-corrected chi connectivity index (χ1v) is 6.61. The van der Waals surface area contributed by atoms with Crippen molar-refractivity contribution in [2.75, 3.05) is 0 Å². The summed E-state index contributed by atoms with van der Waals surface area (Å²) >= 11 is 0. The van der Waals surface area contributed by atoms with Crippen molar-refractivity contribution in [3.8, 4) is 0 Å². The lowest BCUT2D eigenvalue weighted by molar-refractivity contribution is -0.144. The van der Waals surface area contributed by atoms with Crippen molar-refractivity contribution in [2.45, 2.75) is 30.3 Å². The van der Waals surface area contributed by atoms with E-state index in [2.05, 4.69) is 14.9 Å². The molecule has 0 aliphatic heterocycles. The van der Waals surface area contributed by atoms with E-state index in [1.54, 1.807) is 0 Å². The summed E-state index contributed by atoms with van der Waals surface area (Å²) in [5.74, 6) is -1.32. The molecule has 1 unspecified atom stereocenters. The van der Waals surface area contributed by atoms with Crippen molar-refractivity contribution >= 4 is 16.0 Å². The third-order valence-corrected chi connectivity index (χ3v) is 4.45. The lowest BCUT2D eigenvalue weighted by Crippen LogP contribution is -2.53. The van der Waals surface area contributed by atoms with Gasteiger partial charge in [0.1, 0.15) is 5.54 Å². The molecule has 3 N–H and O–H groups in total. The normalized spacial score (nSPS) is 19.8. The van der Waals surface area contributed by atoms with E-state index >= 15 is 0 Å². The molecule has 17 heavy (non-hydrogen) atoms. The standard InChI is InChI=1S/C9H13N3O4S/c1-9(8(13)14,6-2-3-6)12-17(15,16)7-4-5-10-11-7/h4-6,12H,2-3H2,1H3,(H,10,11)(H,13,14). The third kappa shape index (κ3) is 2.18. The molecule has 0 bridgehead atoms. The molecule has 1 aromatic heterocycles. The number of carbonyl (C=O) groups is 1. The smallest absolute Gasteiger partial charge is 0.324 e. The van der Waals surface area contributed by atoms with Crippen LogP contribution in [0.5, 0.6) is 0 Å². The number of carboxylic acid groups (broad SMARTS) is 1. The van der Waals surface area contributed by atoms with E-state index in [1.165, 1.54) is 19.2 Å². The van der Waals surface area contributed by atoms with Gasteiger partial charge in [0.2, 0.25) is 0 Å². The second-order valence-electron chi connectivity index (χ2n) is 4.31. The number of H-pyrrole nitrogens is 1. The summed E-state index contributed by atoms with van der Waals surface area (Å²) in [4.78, 5) is 11.2. The molecule has 0 spiro atoms. The van der Waals surface area contributed by atoms with Gasteiger partial charge in [0.05, 0.1) is 6.20 Å². The summed E-state index contributed by atoms with van der Waals surface area (Å²) < 4.78 is 26.0. The lowest BCUT2D eigenvalue weighted by Gasteiger charge is -2.25. The predicted octanol–water partition coefficient (Wildman–Crippen LogP) is -0.0587. The van der Waals surface area contributed by atoms with Gasteiger partial charge >= 0.3 is 5.97 Å². The van der Waals surface area contributed by atoms with Crippen LogP contribution in [0.25, 0.3) is 0 Å². The van der Waals surface area contributed by atoms with E-state index in [4.69, 9.17) is 5.11 Å². The number of carboxylic acids is 1. The number of aliphatic carboxylic acids is 1. The highest BCUT2D eigenvalue weighted by Crippen LogP contribution is 2.40. The first-order chi connectivity index (χ1) is 7.86. The molecular weight excluding hydrogens is 246 g/mol. The number of nitrogens with zero attached hydrogens (tertiary/aromatic N) is 1. The second-order valence-corrected chi connectivity index (χ2v) is 5.96. The highest BCUT2D eigenvalue weighted by Gasteiger charge is 2.50. The summed E-state index contributed by atoms with van der Waals surface area (Å²) in [5, 5.41) is 14.9. The molecule has 0 amide bonds. The van der Waals surface area contributed by atoms with Crippen LogP contribution in [0.3, 0.4) is 0 Å². The maximum absolute atomic E-state index is 11.9. The number of hydrogen-bond acceptors (Lipinski definition) is 4. The Morgan fingerprint density at radius 1 is 1.65 bits per heavy atom. The van der Waals surface area contributed by atoms with Gasteiger partial charge in [0.25, 0.3) is 10.0 Å². The molecule has 1 heterocycles. The van der Waals surface area contributed by atoms with Gasteiger partial charge in [-0.25, -0.2) is 8.42 Å². The number of aromatic nitrogens is 2. The molecule has 1 aliphatic rings. The second kappa shape index (κ2) is 3.81. The molecular formula is C9H13N3O4S. The quantitative estimate of drug-likeness (QED) is 0.685. The molecule has 0 aromatic carbocycles. The Kier molecular flexibility index (Phi) is 2.70. The van der Waals surface area contributed by atoms with Gasteiger partial charge in [0.15, 0.2) is 5.03 Å². The highest BCUT2D eigenvalue weighted by atomic mass is 32.2. The summed E-state index contributed by atoms with van der Waals surface area (Å²) in [5.41, 5.74) is -1.45. The fourth-order valence-electron chi connectivity index (χ4n) is 1.69. The van der Waals surface area contributed by atoms with Crippen LogP contribution < -0.4 is 4.72 Å². The minimum Gasteiger partial charge on any atom is -0.480 e. The van der Waals surface area contributed by atoms with Gasteiger partial charge in [-0.2, -0.15) is 9.82 Å². The average Bonchev–Trinajstić information content (AvgIpc) is 2.93. The van der Waals surface area contributed by atoms with E-state index in [1.807, 2.05) is 0 Å². The molecule has 1 fully saturated rings. The fourth-order valence-corrected chi connectivity index (χ4v) is 3.02. The molecule has 0 saturated heterocycles. The van der Waals surface area contributed by atoms with Crippen LogP contribution in [0.1, 0.15) is 19.8 Å². The topological polar surface area (TPSA) is 112 Å². The Labute approximate surface area is 98.3 Å². The van der Waals surface area contributed by atoms with Gasteiger partial charge in [-0.15, -0.1) is 0 Å². The zero-order valence-corrected chi connectivity index (χ0v) is 9.99. The number of nitrogens with one attached hydrogen (secondary N) is 2. The fraction of sp³-hybridized carbons (Fsp3) is 0.556. The van der Waals surface area contributed by atoms with Gasteiger partial charge in [-0.05, 0) is 31.7 Å². The van der Waals surface area contributed by atoms with Crippen LogP contribution in [-0.2, 0) is 14.8 Å². The van der Waals surface area contributed by atoms with E-state index < -0.39 is 21.5 Å². The molecule has 8 heteroatoms. The monoisotopic (exact) mass is 259 g/mol. The van der Waals surface area contributed by atoms with Crippen LogP contribution in [0.15, 0.2) is 17.3 Å². The van der Waals surface area contributed by atoms with Crippen molar-refractivity contribution in [3.63, 3.8) is 0 Å². The lowest BCUT2D eigenvalue weighted by atomic mass is 9.98. The zero-order valence-electron chi connectivity index (χ0n) is 9.17. The summed E-state index contributed by atoms with van der Waals surface area (Å²) in [7, 11) is -3.87. The summed E-state index contributed by atoms with van der Waals surface area (Å²) in [6.45, 7) is 1.39. The maximum Gasteiger partial charge on any atom is 0.324 e. The SMILES string of the molecule is CC(NS(=O)(=O)c1ccn[nH]1)(C(=O)O)C1CC1. The molecule has 1 aliphatic carbocycles. The largest absolute Gasteiger partial charge is 0.480 e. The van der Waals surface area contributed by atoms with Crippen LogP contribution >= 0.6 is 0 Å². The minimum atomic E-state index is -3.87. The van der Waals surface area contributed by atoms with E-state index in [0.29, 0.717) is 12.8 Å². The van der Waals surface area contributed by atoms with Crippen molar-refractivity contribution < 1.29 is 18.3 Å². The first-order valence-electron chi connectivity index (χ1n) is 5.13. The molecule has 1 atom stereocenters. The third-order valence-electron chi connectivity index (χ3n) is 2.95. The Hall–Kier alpha value is -1.41. The summed E-state index contributed by atoms with van der Waals surface area (Å²) in [6, 6.07) is 1.28. The maximum atomic E-state index is 11.9. The van der Waals surface area contributed by atoms with Crippen LogP contribution in [-0.4, -0.2) is 35.2 Å². The van der Waals surface area contributed by atoms with Gasteiger partial charge in [0, 0.05) is 0 Å². The molecule has 1 aromatic rings. The van der Waals surface area contributed by atoms with Gasteiger partial charge < -0.3 is 5.11 Å². The van der Waals surface area contributed by atoms with E-state index in [0.717, 1.165) is 0 Å². The summed E-state index contributed by atoms with van der Waals surface area (Å²) in [6.07, 6.45) is 2.73.